The maximum atomic E-state index is 14.4. The van der Waals surface area contributed by atoms with Crippen molar-refractivity contribution in [3.63, 3.8) is 0 Å². The summed E-state index contributed by atoms with van der Waals surface area (Å²) in [6.07, 6.45) is 4.11. The van der Waals surface area contributed by atoms with E-state index in [0.717, 1.165) is 12.8 Å². The van der Waals surface area contributed by atoms with E-state index in [2.05, 4.69) is 20.3 Å². The van der Waals surface area contributed by atoms with E-state index >= 15 is 0 Å². The number of hydrogen-bond donors (Lipinski definition) is 2. The van der Waals surface area contributed by atoms with Gasteiger partial charge in [-0.25, -0.2) is 14.4 Å². The smallest absolute Gasteiger partial charge is 0.275 e. The molecule has 1 aromatic heterocycles. The fourth-order valence-electron chi connectivity index (χ4n) is 3.11. The van der Waals surface area contributed by atoms with Crippen LogP contribution in [-0.2, 0) is 10.8 Å². The van der Waals surface area contributed by atoms with Crippen LogP contribution in [0.3, 0.4) is 0 Å². The molecule has 3 N–H and O–H groups in total. The SMILES string of the molecule is COc1cnc(C(=O)Nc2ccc(F)c(C3CS(=O)C4(CC4)C(N)=N3)c2)cn1. The minimum Gasteiger partial charge on any atom is -0.480 e. The Balaban J connectivity index is 1.56. The van der Waals surface area contributed by atoms with E-state index in [1.807, 2.05) is 0 Å². The molecule has 1 aromatic carbocycles. The molecule has 0 bridgehead atoms. The Bertz CT molecular complexity index is 991. The minimum atomic E-state index is -1.20. The second-order valence-corrected chi connectivity index (χ2v) is 8.48. The third-order valence-corrected chi connectivity index (χ3v) is 7.00. The summed E-state index contributed by atoms with van der Waals surface area (Å²) in [5, 5.41) is 2.65. The second-order valence-electron chi connectivity index (χ2n) is 6.67. The summed E-state index contributed by atoms with van der Waals surface area (Å²) in [7, 11) is 0.248. The molecule has 2 aliphatic rings. The van der Waals surface area contributed by atoms with Gasteiger partial charge < -0.3 is 15.8 Å². The molecule has 4 rings (SSSR count). The molecular weight excluding hydrogens is 385 g/mol. The Morgan fingerprint density at radius 2 is 2.14 bits per heavy atom. The average molecular weight is 403 g/mol. The number of hydrogen-bond acceptors (Lipinski definition) is 7. The largest absolute Gasteiger partial charge is 0.480 e. The molecule has 1 spiro atoms. The number of methoxy groups -OCH3 is 1. The molecule has 28 heavy (non-hydrogen) atoms. The van der Waals surface area contributed by atoms with Gasteiger partial charge >= 0.3 is 0 Å². The number of halogens is 1. The van der Waals surface area contributed by atoms with E-state index in [9.17, 15) is 13.4 Å². The zero-order valence-electron chi connectivity index (χ0n) is 15.0. The number of aromatic nitrogens is 2. The van der Waals surface area contributed by atoms with Crippen LogP contribution in [0.25, 0.3) is 0 Å². The van der Waals surface area contributed by atoms with Crippen molar-refractivity contribution >= 4 is 28.2 Å². The number of benzene rings is 1. The summed E-state index contributed by atoms with van der Waals surface area (Å²) in [5.74, 6) is -0.175. The summed E-state index contributed by atoms with van der Waals surface area (Å²) in [6, 6.07) is 3.50. The average Bonchev–Trinajstić information content (AvgIpc) is 3.50. The number of amides is 1. The van der Waals surface area contributed by atoms with Crippen LogP contribution in [0.2, 0.25) is 0 Å². The lowest BCUT2D eigenvalue weighted by Gasteiger charge is -2.25. The van der Waals surface area contributed by atoms with Gasteiger partial charge in [0.05, 0.1) is 31.3 Å². The van der Waals surface area contributed by atoms with Gasteiger partial charge in [-0.05, 0) is 31.0 Å². The molecular formula is C18H18FN5O3S. The maximum absolute atomic E-state index is 14.4. The summed E-state index contributed by atoms with van der Waals surface area (Å²) in [5.41, 5.74) is 6.69. The van der Waals surface area contributed by atoms with Crippen molar-refractivity contribution < 1.29 is 18.1 Å². The fourth-order valence-corrected chi connectivity index (χ4v) is 4.81. The first-order valence-electron chi connectivity index (χ1n) is 8.62. The van der Waals surface area contributed by atoms with E-state index in [4.69, 9.17) is 10.5 Å². The van der Waals surface area contributed by atoms with Crippen molar-refractivity contribution in [3.05, 3.63) is 47.7 Å². The highest BCUT2D eigenvalue weighted by Crippen LogP contribution is 2.46. The molecule has 2 aromatic rings. The maximum Gasteiger partial charge on any atom is 0.275 e. The molecule has 1 saturated carbocycles. The predicted molar refractivity (Wildman–Crippen MR) is 102 cm³/mol. The fraction of sp³-hybridized carbons (Fsp3) is 0.333. The Morgan fingerprint density at radius 1 is 1.36 bits per heavy atom. The van der Waals surface area contributed by atoms with Crippen LogP contribution in [0.15, 0.2) is 35.6 Å². The highest BCUT2D eigenvalue weighted by Gasteiger charge is 2.55. The summed E-state index contributed by atoms with van der Waals surface area (Å²) in [6.45, 7) is 0. The van der Waals surface area contributed by atoms with Gasteiger partial charge in [-0.1, -0.05) is 0 Å². The van der Waals surface area contributed by atoms with Gasteiger partial charge in [0.1, 0.15) is 22.1 Å². The Labute approximate surface area is 162 Å². The lowest BCUT2D eigenvalue weighted by molar-refractivity contribution is 0.102. The number of amidine groups is 1. The molecule has 1 fully saturated rings. The molecule has 2 atom stereocenters. The molecule has 1 aliphatic heterocycles. The molecule has 10 heteroatoms. The quantitative estimate of drug-likeness (QED) is 0.800. The first-order chi connectivity index (χ1) is 13.4. The van der Waals surface area contributed by atoms with Crippen LogP contribution in [-0.4, -0.2) is 43.5 Å². The third kappa shape index (κ3) is 3.24. The van der Waals surface area contributed by atoms with Crippen LogP contribution >= 0.6 is 0 Å². The number of carbonyl (C=O) groups is 1. The summed E-state index contributed by atoms with van der Waals surface area (Å²) < 4.78 is 31.3. The minimum absolute atomic E-state index is 0.0865. The van der Waals surface area contributed by atoms with Crippen molar-refractivity contribution in [2.24, 2.45) is 10.7 Å². The van der Waals surface area contributed by atoms with Gasteiger partial charge in [0.25, 0.3) is 5.91 Å². The van der Waals surface area contributed by atoms with E-state index in [-0.39, 0.29) is 22.9 Å². The third-order valence-electron chi connectivity index (χ3n) is 4.89. The van der Waals surface area contributed by atoms with Gasteiger partial charge in [0.15, 0.2) is 0 Å². The monoisotopic (exact) mass is 403 g/mol. The predicted octanol–water partition coefficient (Wildman–Crippen LogP) is 1.57. The van der Waals surface area contributed by atoms with Gasteiger partial charge in [-0.15, -0.1) is 0 Å². The highest BCUT2D eigenvalue weighted by atomic mass is 32.2. The lowest BCUT2D eigenvalue weighted by atomic mass is 10.1. The molecule has 146 valence electrons. The van der Waals surface area contributed by atoms with E-state index < -0.39 is 33.3 Å². The van der Waals surface area contributed by atoms with Crippen molar-refractivity contribution in [3.8, 4) is 5.88 Å². The number of ether oxygens (including phenoxy) is 1. The normalized spacial score (nSPS) is 22.4. The molecule has 1 amide bonds. The molecule has 0 saturated heterocycles. The standard InChI is InChI=1S/C18H18FN5O3S/c1-27-15-8-21-13(7-22-15)16(25)23-10-2-3-12(19)11(6-10)14-9-28(26)18(4-5-18)17(20)24-14/h2-3,6-8,14H,4-5,9H2,1H3,(H2,20,24)(H,23,25). The second kappa shape index (κ2) is 6.93. The van der Waals surface area contributed by atoms with E-state index in [0.29, 0.717) is 11.5 Å². The molecule has 2 heterocycles. The zero-order chi connectivity index (χ0) is 19.9. The van der Waals surface area contributed by atoms with Crippen molar-refractivity contribution in [2.45, 2.75) is 23.6 Å². The van der Waals surface area contributed by atoms with Gasteiger partial charge in [0, 0.05) is 22.1 Å². The number of anilines is 1. The van der Waals surface area contributed by atoms with E-state index in [1.165, 1.54) is 37.7 Å². The van der Waals surface area contributed by atoms with Gasteiger partial charge in [-0.2, -0.15) is 0 Å². The highest BCUT2D eigenvalue weighted by molar-refractivity contribution is 7.87. The Hall–Kier alpha value is -2.88. The van der Waals surface area contributed by atoms with Crippen LogP contribution in [0.1, 0.15) is 34.9 Å². The Kier molecular flexibility index (Phi) is 4.58. The van der Waals surface area contributed by atoms with Crippen molar-refractivity contribution in [1.29, 1.82) is 0 Å². The van der Waals surface area contributed by atoms with Gasteiger partial charge in [-0.3, -0.25) is 14.0 Å². The molecule has 2 unspecified atom stereocenters. The van der Waals surface area contributed by atoms with Crippen LogP contribution in [0.4, 0.5) is 10.1 Å². The number of nitrogens with one attached hydrogen (secondary N) is 1. The van der Waals surface area contributed by atoms with Crippen LogP contribution in [0, 0.1) is 5.82 Å². The number of aliphatic imine (C=N–C) groups is 1. The number of rotatable bonds is 4. The molecule has 8 nitrogen and oxygen atoms in total. The zero-order valence-corrected chi connectivity index (χ0v) is 15.8. The summed E-state index contributed by atoms with van der Waals surface area (Å²) in [4.78, 5) is 24.6. The number of carbonyl (C=O) groups excluding carboxylic acids is 1. The van der Waals surface area contributed by atoms with E-state index in [1.54, 1.807) is 0 Å². The molecule has 1 aliphatic carbocycles. The molecule has 0 radical (unpaired) electrons. The topological polar surface area (TPSA) is 120 Å². The van der Waals surface area contributed by atoms with Gasteiger partial charge in [0.2, 0.25) is 5.88 Å². The number of nitrogens with two attached hydrogens (primary N) is 1. The summed E-state index contributed by atoms with van der Waals surface area (Å²) >= 11 is 0. The lowest BCUT2D eigenvalue weighted by Crippen LogP contribution is -2.41. The van der Waals surface area contributed by atoms with Crippen molar-refractivity contribution in [2.75, 3.05) is 18.2 Å². The number of nitrogens with zero attached hydrogens (tertiary/aromatic N) is 3. The Morgan fingerprint density at radius 3 is 2.75 bits per heavy atom. The first kappa shape index (κ1) is 18.5. The first-order valence-corrected chi connectivity index (χ1v) is 9.94. The van der Waals surface area contributed by atoms with Crippen LogP contribution < -0.4 is 15.8 Å². The van der Waals surface area contributed by atoms with Crippen molar-refractivity contribution in [1.82, 2.24) is 9.97 Å². The van der Waals surface area contributed by atoms with Crippen LogP contribution in [0.5, 0.6) is 5.88 Å².